The summed E-state index contributed by atoms with van der Waals surface area (Å²) in [6.45, 7) is 0.699. The Hall–Kier alpha value is -3.67. The lowest BCUT2D eigenvalue weighted by Gasteiger charge is -2.09. The number of anilines is 1. The lowest BCUT2D eigenvalue weighted by atomic mass is 10.0. The smallest absolute Gasteiger partial charge is 0.350 e. The summed E-state index contributed by atoms with van der Waals surface area (Å²) in [4.78, 5) is 0. The molecule has 27 heavy (non-hydrogen) atoms. The molecular formula is C21H22N5O+. The van der Waals surface area contributed by atoms with E-state index < -0.39 is 0 Å². The van der Waals surface area contributed by atoms with Crippen LogP contribution in [0.15, 0.2) is 83.1 Å². The highest BCUT2D eigenvalue weighted by molar-refractivity contribution is 5.95. The largest absolute Gasteiger partial charge is 0.497 e. The van der Waals surface area contributed by atoms with E-state index in [-0.39, 0.29) is 5.84 Å². The molecule has 6 heteroatoms. The lowest BCUT2D eigenvalue weighted by Crippen LogP contribution is -2.38. The topological polar surface area (TPSA) is 97.6 Å². The van der Waals surface area contributed by atoms with Gasteiger partial charge >= 0.3 is 5.84 Å². The minimum Gasteiger partial charge on any atom is -0.497 e. The number of hydrogen-bond donors (Lipinski definition) is 3. The molecule has 0 saturated heterocycles. The van der Waals surface area contributed by atoms with Crippen LogP contribution in [0.5, 0.6) is 5.75 Å². The van der Waals surface area contributed by atoms with Gasteiger partial charge in [0.2, 0.25) is 0 Å². The van der Waals surface area contributed by atoms with Gasteiger partial charge in [0.1, 0.15) is 5.75 Å². The van der Waals surface area contributed by atoms with Crippen LogP contribution in [0, 0.1) is 0 Å². The van der Waals surface area contributed by atoms with Gasteiger partial charge in [-0.05, 0) is 47.0 Å². The average molecular weight is 360 g/mol. The molecule has 136 valence electrons. The summed E-state index contributed by atoms with van der Waals surface area (Å²) < 4.78 is 5.20. The van der Waals surface area contributed by atoms with Gasteiger partial charge in [0.25, 0.3) is 0 Å². The Balaban J connectivity index is 1.65. The Morgan fingerprint density at radius 2 is 1.67 bits per heavy atom. The summed E-state index contributed by atoms with van der Waals surface area (Å²) in [5, 5.41) is 16.1. The van der Waals surface area contributed by atoms with Crippen LogP contribution in [0.1, 0.15) is 11.1 Å². The second kappa shape index (κ2) is 8.62. The quantitative estimate of drug-likeness (QED) is 0.207. The van der Waals surface area contributed by atoms with E-state index in [0.717, 1.165) is 28.1 Å². The Morgan fingerprint density at radius 3 is 2.30 bits per heavy atom. The number of amidine groups is 1. The molecule has 0 aliphatic carbocycles. The third kappa shape index (κ3) is 4.70. The van der Waals surface area contributed by atoms with Crippen LogP contribution in [0.2, 0.25) is 0 Å². The molecule has 3 aromatic carbocycles. The van der Waals surface area contributed by atoms with Crippen molar-refractivity contribution in [1.29, 1.82) is 0 Å². The summed E-state index contributed by atoms with van der Waals surface area (Å²) in [6, 6.07) is 24.1. The van der Waals surface area contributed by atoms with E-state index in [0.29, 0.717) is 6.54 Å². The number of hydrogen-bond acceptors (Lipinski definition) is 3. The number of rotatable bonds is 6. The molecule has 0 spiro atoms. The van der Waals surface area contributed by atoms with Crippen LogP contribution in [0.4, 0.5) is 5.69 Å². The van der Waals surface area contributed by atoms with E-state index in [1.54, 1.807) is 7.11 Å². The molecule has 0 atom stereocenters. The van der Waals surface area contributed by atoms with Gasteiger partial charge in [-0.1, -0.05) is 42.5 Å². The predicted molar refractivity (Wildman–Crippen MR) is 107 cm³/mol. The molecule has 3 aromatic rings. The second-order valence-corrected chi connectivity index (χ2v) is 5.96. The maximum absolute atomic E-state index is 5.81. The van der Waals surface area contributed by atoms with Crippen LogP contribution in [-0.4, -0.2) is 12.9 Å². The zero-order valence-electron chi connectivity index (χ0n) is 15.1. The number of nitrogens with two attached hydrogens (primary N) is 2. The van der Waals surface area contributed by atoms with Crippen molar-refractivity contribution in [2.45, 2.75) is 6.54 Å². The van der Waals surface area contributed by atoms with E-state index in [2.05, 4.69) is 52.1 Å². The second-order valence-electron chi connectivity index (χ2n) is 5.96. The molecule has 3 rings (SSSR count). The summed E-state index contributed by atoms with van der Waals surface area (Å²) in [5.41, 5.74) is 5.21. The fraction of sp³-hybridized carbons (Fsp3) is 0.0952. The predicted octanol–water partition coefficient (Wildman–Crippen LogP) is 2.81. The Labute approximate surface area is 158 Å². The van der Waals surface area contributed by atoms with Gasteiger partial charge in [0.05, 0.1) is 17.8 Å². The van der Waals surface area contributed by atoms with E-state index in [9.17, 15) is 0 Å². The van der Waals surface area contributed by atoms with E-state index >= 15 is 0 Å². The monoisotopic (exact) mass is 360 g/mol. The highest BCUT2D eigenvalue weighted by Gasteiger charge is 2.08. The first kappa shape index (κ1) is 18.1. The normalized spacial score (nSPS) is 10.7. The van der Waals surface area contributed by atoms with Gasteiger partial charge in [0, 0.05) is 17.5 Å². The van der Waals surface area contributed by atoms with Crippen molar-refractivity contribution in [3.05, 3.63) is 83.9 Å². The summed E-state index contributed by atoms with van der Waals surface area (Å²) in [7, 11) is 1.67. The number of methoxy groups -OCH3 is 1. The Bertz CT molecular complexity index is 934. The number of benzene rings is 3. The maximum Gasteiger partial charge on any atom is 0.350 e. The minimum absolute atomic E-state index is 0.282. The molecule has 0 aliphatic rings. The molecule has 0 saturated carbocycles. The van der Waals surface area contributed by atoms with E-state index in [4.69, 9.17) is 16.0 Å². The molecule has 0 amide bonds. The molecule has 0 bridgehead atoms. The van der Waals surface area contributed by atoms with Crippen molar-refractivity contribution < 1.29 is 10.1 Å². The number of nitrogens with one attached hydrogen (secondary N) is 1. The van der Waals surface area contributed by atoms with Crippen molar-refractivity contribution >= 4 is 11.5 Å². The van der Waals surface area contributed by atoms with Crippen molar-refractivity contribution in [3.63, 3.8) is 0 Å². The Morgan fingerprint density at radius 1 is 1.00 bits per heavy atom. The first-order chi connectivity index (χ1) is 13.2. The maximum atomic E-state index is 5.81. The van der Waals surface area contributed by atoms with Gasteiger partial charge in [-0.25, -0.2) is 0 Å². The van der Waals surface area contributed by atoms with Crippen LogP contribution in [0.3, 0.4) is 0 Å². The first-order valence-electron chi connectivity index (χ1n) is 8.50. The van der Waals surface area contributed by atoms with Gasteiger partial charge < -0.3 is 10.1 Å². The summed E-state index contributed by atoms with van der Waals surface area (Å²) in [5.74, 6) is 6.18. The van der Waals surface area contributed by atoms with E-state index in [1.807, 2.05) is 36.4 Å². The SMILES string of the molecule is COc1ccc(-c2ccc(CNc3cccc(C(=[NH2+])N=NN)c3)cc2)cc1. The highest BCUT2D eigenvalue weighted by Crippen LogP contribution is 2.23. The zero-order valence-corrected chi connectivity index (χ0v) is 15.1. The molecule has 0 aromatic heterocycles. The van der Waals surface area contributed by atoms with Gasteiger partial charge in [-0.2, -0.15) is 0 Å². The average Bonchev–Trinajstić information content (AvgIpc) is 2.73. The third-order valence-corrected chi connectivity index (χ3v) is 4.20. The zero-order chi connectivity index (χ0) is 19.1. The molecule has 0 unspecified atom stereocenters. The van der Waals surface area contributed by atoms with Gasteiger partial charge in [-0.3, -0.25) is 11.3 Å². The fourth-order valence-corrected chi connectivity index (χ4v) is 2.71. The third-order valence-electron chi connectivity index (χ3n) is 4.20. The molecule has 5 N–H and O–H groups in total. The first-order valence-corrected chi connectivity index (χ1v) is 8.50. The fourth-order valence-electron chi connectivity index (χ4n) is 2.71. The summed E-state index contributed by atoms with van der Waals surface area (Å²) in [6.07, 6.45) is 0. The van der Waals surface area contributed by atoms with Crippen molar-refractivity contribution in [2.24, 2.45) is 16.2 Å². The van der Waals surface area contributed by atoms with E-state index in [1.165, 1.54) is 5.56 Å². The van der Waals surface area contributed by atoms with Gasteiger partial charge in [-0.15, -0.1) is 0 Å². The van der Waals surface area contributed by atoms with Crippen LogP contribution < -0.4 is 21.3 Å². The minimum atomic E-state index is 0.282. The summed E-state index contributed by atoms with van der Waals surface area (Å²) >= 11 is 0. The lowest BCUT2D eigenvalue weighted by molar-refractivity contribution is -0.114. The molecule has 0 fully saturated rings. The highest BCUT2D eigenvalue weighted by atomic mass is 16.5. The van der Waals surface area contributed by atoms with Crippen LogP contribution in [0.25, 0.3) is 11.1 Å². The number of nitrogens with zero attached hydrogens (tertiary/aromatic N) is 2. The van der Waals surface area contributed by atoms with Crippen molar-refractivity contribution in [1.82, 2.24) is 0 Å². The Kier molecular flexibility index (Phi) is 5.79. The molecular weight excluding hydrogens is 338 g/mol. The molecule has 6 nitrogen and oxygen atoms in total. The van der Waals surface area contributed by atoms with Crippen LogP contribution in [-0.2, 0) is 6.54 Å². The van der Waals surface area contributed by atoms with Crippen molar-refractivity contribution in [2.75, 3.05) is 12.4 Å². The van der Waals surface area contributed by atoms with Crippen LogP contribution >= 0.6 is 0 Å². The standard InChI is InChI=1S/C21H21N5O/c1-27-20-11-9-17(10-12-20)16-7-5-15(6-8-16)14-24-19-4-2-3-18(13-19)21(22)25-26-23/h2-13,24H,14H2,1H3,(H3,22,23,25)/p+1. The molecule has 0 heterocycles. The number of ether oxygens (including phenoxy) is 1. The van der Waals surface area contributed by atoms with Crippen molar-refractivity contribution in [3.8, 4) is 16.9 Å². The molecule has 0 aliphatic heterocycles. The molecule has 0 radical (unpaired) electrons. The van der Waals surface area contributed by atoms with Gasteiger partial charge in [0.15, 0.2) is 0 Å².